The van der Waals surface area contributed by atoms with E-state index in [0.717, 1.165) is 16.4 Å². The fourth-order valence-electron chi connectivity index (χ4n) is 1.66. The van der Waals surface area contributed by atoms with Crippen LogP contribution in [0, 0.1) is 6.92 Å². The first kappa shape index (κ1) is 14.4. The highest BCUT2D eigenvalue weighted by molar-refractivity contribution is 7.99. The highest BCUT2D eigenvalue weighted by Crippen LogP contribution is 2.26. The Hall–Kier alpha value is -1.01. The van der Waals surface area contributed by atoms with E-state index in [2.05, 4.69) is 4.98 Å². The van der Waals surface area contributed by atoms with Crippen molar-refractivity contribution in [3.8, 4) is 5.69 Å². The van der Waals surface area contributed by atoms with E-state index >= 15 is 0 Å². The standard InChI is InChI=1S/C13H15ClN2O2S/c1-9-11(14)3-2-4-12(9)16-6-5-15-13(16)19-8-10(18)7-17/h2-6,10,17-18H,7-8H2,1H3/t10-/m1/s1. The normalized spacial score (nSPS) is 12.6. The minimum atomic E-state index is -0.740. The Morgan fingerprint density at radius 3 is 3.00 bits per heavy atom. The average Bonchev–Trinajstić information content (AvgIpc) is 2.87. The second kappa shape index (κ2) is 6.43. The lowest BCUT2D eigenvalue weighted by molar-refractivity contribution is 0.113. The van der Waals surface area contributed by atoms with E-state index in [-0.39, 0.29) is 6.61 Å². The first-order valence-electron chi connectivity index (χ1n) is 5.84. The van der Waals surface area contributed by atoms with Gasteiger partial charge in [-0.05, 0) is 24.6 Å². The molecule has 0 saturated carbocycles. The summed E-state index contributed by atoms with van der Waals surface area (Å²) in [6.07, 6.45) is 2.82. The van der Waals surface area contributed by atoms with Crippen LogP contribution in [-0.4, -0.2) is 38.2 Å². The van der Waals surface area contributed by atoms with Crippen LogP contribution in [0.4, 0.5) is 0 Å². The molecule has 0 radical (unpaired) electrons. The number of rotatable bonds is 5. The molecule has 6 heteroatoms. The van der Waals surface area contributed by atoms with Crippen molar-refractivity contribution in [2.75, 3.05) is 12.4 Å². The van der Waals surface area contributed by atoms with Crippen LogP contribution >= 0.6 is 23.4 Å². The molecule has 1 aromatic carbocycles. The molecule has 0 amide bonds. The number of hydrogen-bond acceptors (Lipinski definition) is 4. The maximum Gasteiger partial charge on any atom is 0.172 e. The van der Waals surface area contributed by atoms with Crippen molar-refractivity contribution in [3.63, 3.8) is 0 Å². The highest BCUT2D eigenvalue weighted by Gasteiger charge is 2.11. The van der Waals surface area contributed by atoms with Gasteiger partial charge < -0.3 is 10.2 Å². The highest BCUT2D eigenvalue weighted by atomic mass is 35.5. The third kappa shape index (κ3) is 3.30. The van der Waals surface area contributed by atoms with Crippen molar-refractivity contribution in [1.29, 1.82) is 0 Å². The predicted molar refractivity (Wildman–Crippen MR) is 77.1 cm³/mol. The van der Waals surface area contributed by atoms with Gasteiger partial charge >= 0.3 is 0 Å². The van der Waals surface area contributed by atoms with Gasteiger partial charge in [-0.3, -0.25) is 4.57 Å². The molecule has 0 fully saturated rings. The fraction of sp³-hybridized carbons (Fsp3) is 0.308. The van der Waals surface area contributed by atoms with Crippen LogP contribution in [0.5, 0.6) is 0 Å². The first-order valence-corrected chi connectivity index (χ1v) is 7.20. The Morgan fingerprint density at radius 2 is 2.26 bits per heavy atom. The zero-order chi connectivity index (χ0) is 13.8. The van der Waals surface area contributed by atoms with Crippen LogP contribution in [0.25, 0.3) is 5.69 Å². The maximum atomic E-state index is 9.39. The fourth-order valence-corrected chi connectivity index (χ4v) is 2.71. The van der Waals surface area contributed by atoms with Crippen molar-refractivity contribution in [1.82, 2.24) is 9.55 Å². The Balaban J connectivity index is 2.26. The summed E-state index contributed by atoms with van der Waals surface area (Å²) in [7, 11) is 0. The van der Waals surface area contributed by atoms with Gasteiger partial charge in [0.2, 0.25) is 0 Å². The van der Waals surface area contributed by atoms with Gasteiger partial charge in [-0.2, -0.15) is 0 Å². The van der Waals surface area contributed by atoms with Gasteiger partial charge in [0, 0.05) is 23.2 Å². The summed E-state index contributed by atoms with van der Waals surface area (Å²) in [4.78, 5) is 4.26. The molecule has 0 saturated heterocycles. The number of benzene rings is 1. The zero-order valence-electron chi connectivity index (χ0n) is 10.5. The number of halogens is 1. The molecule has 2 aromatic rings. The van der Waals surface area contributed by atoms with Crippen molar-refractivity contribution >= 4 is 23.4 Å². The number of aromatic nitrogens is 2. The summed E-state index contributed by atoms with van der Waals surface area (Å²) in [6, 6.07) is 5.71. The van der Waals surface area contributed by atoms with Gasteiger partial charge in [0.1, 0.15) is 0 Å². The second-order valence-electron chi connectivity index (χ2n) is 4.11. The molecule has 0 bridgehead atoms. The summed E-state index contributed by atoms with van der Waals surface area (Å²) in [5.74, 6) is 0.396. The summed E-state index contributed by atoms with van der Waals surface area (Å²) in [5.41, 5.74) is 1.94. The van der Waals surface area contributed by atoms with Gasteiger partial charge in [-0.15, -0.1) is 0 Å². The number of aliphatic hydroxyl groups excluding tert-OH is 2. The maximum absolute atomic E-state index is 9.39. The molecule has 4 nitrogen and oxygen atoms in total. The second-order valence-corrected chi connectivity index (χ2v) is 5.51. The number of hydrogen-bond donors (Lipinski definition) is 2. The molecular weight excluding hydrogens is 284 g/mol. The van der Waals surface area contributed by atoms with Crippen LogP contribution in [-0.2, 0) is 0 Å². The monoisotopic (exact) mass is 298 g/mol. The quantitative estimate of drug-likeness (QED) is 0.832. The number of imidazole rings is 1. The van der Waals surface area contributed by atoms with Crippen molar-refractivity contribution in [3.05, 3.63) is 41.2 Å². The molecule has 1 atom stereocenters. The Kier molecular flexibility index (Phi) is 4.87. The lowest BCUT2D eigenvalue weighted by atomic mass is 10.2. The number of nitrogens with zero attached hydrogens (tertiary/aromatic N) is 2. The van der Waals surface area contributed by atoms with Gasteiger partial charge in [0.05, 0.1) is 18.4 Å². The van der Waals surface area contributed by atoms with E-state index in [1.54, 1.807) is 6.20 Å². The van der Waals surface area contributed by atoms with Gasteiger partial charge in [0.25, 0.3) is 0 Å². The van der Waals surface area contributed by atoms with E-state index in [9.17, 15) is 5.11 Å². The summed E-state index contributed by atoms with van der Waals surface area (Å²) in [6.45, 7) is 1.71. The summed E-state index contributed by atoms with van der Waals surface area (Å²) >= 11 is 7.51. The van der Waals surface area contributed by atoms with Crippen LogP contribution in [0.3, 0.4) is 0 Å². The zero-order valence-corrected chi connectivity index (χ0v) is 12.0. The Labute approximate surface area is 121 Å². The molecular formula is C13H15ClN2O2S. The molecule has 0 spiro atoms. The topological polar surface area (TPSA) is 58.3 Å². The molecule has 1 heterocycles. The van der Waals surface area contributed by atoms with Crippen molar-refractivity contribution < 1.29 is 10.2 Å². The van der Waals surface area contributed by atoms with Crippen LogP contribution in [0.2, 0.25) is 5.02 Å². The Bertz CT molecular complexity index is 559. The lowest BCUT2D eigenvalue weighted by Gasteiger charge is -2.12. The molecule has 0 aliphatic rings. The molecule has 1 aromatic heterocycles. The largest absolute Gasteiger partial charge is 0.394 e. The molecule has 0 aliphatic heterocycles. The minimum Gasteiger partial charge on any atom is -0.394 e. The van der Waals surface area contributed by atoms with Crippen LogP contribution in [0.1, 0.15) is 5.56 Å². The number of aliphatic hydroxyl groups is 2. The molecule has 2 N–H and O–H groups in total. The van der Waals surface area contributed by atoms with Crippen molar-refractivity contribution in [2.24, 2.45) is 0 Å². The average molecular weight is 299 g/mol. The molecule has 0 unspecified atom stereocenters. The van der Waals surface area contributed by atoms with E-state index in [4.69, 9.17) is 16.7 Å². The third-order valence-corrected chi connectivity index (χ3v) is 4.24. The van der Waals surface area contributed by atoms with Crippen LogP contribution < -0.4 is 0 Å². The lowest BCUT2D eigenvalue weighted by Crippen LogP contribution is -2.15. The molecule has 0 aliphatic carbocycles. The van der Waals surface area contributed by atoms with Gasteiger partial charge in [0.15, 0.2) is 5.16 Å². The first-order chi connectivity index (χ1) is 9.13. The molecule has 102 valence electrons. The summed E-state index contributed by atoms with van der Waals surface area (Å²) < 4.78 is 1.93. The smallest absolute Gasteiger partial charge is 0.172 e. The van der Waals surface area contributed by atoms with E-state index < -0.39 is 6.10 Å². The Morgan fingerprint density at radius 1 is 1.47 bits per heavy atom. The van der Waals surface area contributed by atoms with Gasteiger partial charge in [-0.25, -0.2) is 4.98 Å². The van der Waals surface area contributed by atoms with E-state index in [0.29, 0.717) is 10.8 Å². The molecule has 19 heavy (non-hydrogen) atoms. The van der Waals surface area contributed by atoms with Crippen LogP contribution in [0.15, 0.2) is 35.7 Å². The SMILES string of the molecule is Cc1c(Cl)cccc1-n1ccnc1SC[C@H](O)CO. The van der Waals surface area contributed by atoms with Gasteiger partial charge in [-0.1, -0.05) is 29.4 Å². The minimum absolute atomic E-state index is 0.246. The third-order valence-electron chi connectivity index (χ3n) is 2.72. The molecule has 2 rings (SSSR count). The summed E-state index contributed by atoms with van der Waals surface area (Å²) in [5, 5.41) is 19.7. The number of thioether (sulfide) groups is 1. The van der Waals surface area contributed by atoms with E-state index in [1.807, 2.05) is 35.9 Å². The predicted octanol–water partition coefficient (Wildman–Crippen LogP) is 2.28. The van der Waals surface area contributed by atoms with E-state index in [1.165, 1.54) is 11.8 Å². The van der Waals surface area contributed by atoms with Crippen molar-refractivity contribution in [2.45, 2.75) is 18.2 Å².